The zero-order chi connectivity index (χ0) is 53.9. The predicted octanol–water partition coefficient (Wildman–Crippen LogP) is 3.42. The molecule has 1 saturated carbocycles. The Balaban J connectivity index is 0.864. The third kappa shape index (κ3) is 10.9. The summed E-state index contributed by atoms with van der Waals surface area (Å²) in [6, 6.07) is 5.27. The fourth-order valence-corrected chi connectivity index (χ4v) is 15.2. The molecule has 19 heteroatoms. The van der Waals surface area contributed by atoms with E-state index in [9.17, 15) is 9.59 Å². The van der Waals surface area contributed by atoms with Crippen molar-refractivity contribution in [3.63, 3.8) is 0 Å². The first-order valence-corrected chi connectivity index (χ1v) is 30.0. The highest BCUT2D eigenvalue weighted by atomic mass is 16.5. The number of morpholine rings is 2. The van der Waals surface area contributed by atoms with Crippen LogP contribution in [-0.4, -0.2) is 220 Å². The van der Waals surface area contributed by atoms with Gasteiger partial charge in [0, 0.05) is 143 Å². The Morgan fingerprint density at radius 2 is 1.78 bits per heavy atom. The Hall–Kier alpha value is -4.47. The number of esters is 1. The SMILES string of the molecule is CCn1c(C2=C([C@H](C)OC)N=C[C@H](N3CCN4CCOC[C@@H]4C3)C2)c2c3cc(ccc31)N1CCO[C@@H](C[C@H](NC(=O)[C@H](C3CCCC3)N3CC[C@]4(CCN(C(=O)[C@H]5CN5)C4)C3)C(=O)N3CCC[C@H](N3)C(=O)OCC(C)(C)C2)C1. The van der Waals surface area contributed by atoms with Gasteiger partial charge in [-0.25, -0.2) is 5.43 Å². The molecule has 1 aromatic carbocycles. The summed E-state index contributed by atoms with van der Waals surface area (Å²) in [6.07, 6.45) is 10.4. The number of nitrogens with zero attached hydrogens (tertiary/aromatic N) is 8. The molecule has 8 fully saturated rings. The molecule has 3 N–H and O–H groups in total. The van der Waals surface area contributed by atoms with E-state index in [2.05, 4.69) is 92.3 Å². The fraction of sp³-hybridized carbons (Fsp3) is 0.746. The number of piperazine rings is 1. The number of hydrazine groups is 1. The molecular formula is C59H87N11O8. The van der Waals surface area contributed by atoms with E-state index < -0.39 is 17.5 Å². The lowest BCUT2D eigenvalue weighted by molar-refractivity contribution is -0.156. The summed E-state index contributed by atoms with van der Waals surface area (Å²) in [6.45, 7) is 20.9. The minimum Gasteiger partial charge on any atom is -0.464 e. The van der Waals surface area contributed by atoms with Gasteiger partial charge in [-0.1, -0.05) is 26.7 Å². The highest BCUT2D eigenvalue weighted by Gasteiger charge is 2.51. The number of methoxy groups -OCH3 is 1. The molecule has 9 aliphatic heterocycles. The first-order valence-electron chi connectivity index (χ1n) is 30.0. The average Bonchev–Trinajstić information content (AvgIpc) is 3.97. The highest BCUT2D eigenvalue weighted by molar-refractivity contribution is 5.95. The van der Waals surface area contributed by atoms with Gasteiger partial charge in [0.1, 0.15) is 12.1 Å². The Kier molecular flexibility index (Phi) is 15.6. The molecule has 10 heterocycles. The van der Waals surface area contributed by atoms with Crippen LogP contribution in [0.25, 0.3) is 16.5 Å². The van der Waals surface area contributed by atoms with Crippen LogP contribution < -0.4 is 21.0 Å². The number of nitrogens with one attached hydrogen (secondary N) is 3. The van der Waals surface area contributed by atoms with Gasteiger partial charge in [0.15, 0.2) is 0 Å². The van der Waals surface area contributed by atoms with Gasteiger partial charge in [-0.05, 0) is 101 Å². The smallest absolute Gasteiger partial charge is 0.324 e. The van der Waals surface area contributed by atoms with Crippen molar-refractivity contribution in [3.8, 4) is 0 Å². The second-order valence-electron chi connectivity index (χ2n) is 25.5. The summed E-state index contributed by atoms with van der Waals surface area (Å²) in [5.41, 5.74) is 9.53. The lowest BCUT2D eigenvalue weighted by Gasteiger charge is -2.46. The number of aryl methyl sites for hydroxylation is 1. The number of amides is 3. The van der Waals surface area contributed by atoms with E-state index in [-0.39, 0.29) is 78.4 Å². The first-order chi connectivity index (χ1) is 37.8. The van der Waals surface area contributed by atoms with Crippen LogP contribution in [0, 0.1) is 16.7 Å². The number of fused-ring (bicyclic) bond motifs is 7. The van der Waals surface area contributed by atoms with E-state index >= 15 is 9.59 Å². The van der Waals surface area contributed by atoms with Crippen LogP contribution in [0.1, 0.15) is 103 Å². The summed E-state index contributed by atoms with van der Waals surface area (Å²) in [4.78, 5) is 75.1. The lowest BCUT2D eigenvalue weighted by atomic mass is 9.83. The topological polar surface area (TPSA) is 188 Å². The van der Waals surface area contributed by atoms with Crippen LogP contribution in [0.3, 0.4) is 0 Å². The number of hydrogen-bond acceptors (Lipinski definition) is 15. The van der Waals surface area contributed by atoms with Crippen molar-refractivity contribution in [3.05, 3.63) is 35.2 Å². The molecule has 426 valence electrons. The Morgan fingerprint density at radius 3 is 2.59 bits per heavy atom. The van der Waals surface area contributed by atoms with Crippen LogP contribution in [0.5, 0.6) is 0 Å². The van der Waals surface area contributed by atoms with Crippen molar-refractivity contribution >= 4 is 52.1 Å². The number of anilines is 1. The third-order valence-corrected chi connectivity index (χ3v) is 19.6. The normalized spacial score (nSPS) is 32.4. The maximum atomic E-state index is 15.2. The summed E-state index contributed by atoms with van der Waals surface area (Å²) < 4.78 is 27.5. The molecule has 3 amide bonds. The van der Waals surface area contributed by atoms with Gasteiger partial charge < -0.3 is 43.9 Å². The number of cyclic esters (lactones) is 1. The third-order valence-electron chi connectivity index (χ3n) is 19.6. The Morgan fingerprint density at radius 1 is 0.962 bits per heavy atom. The van der Waals surface area contributed by atoms with E-state index in [1.54, 1.807) is 12.1 Å². The van der Waals surface area contributed by atoms with Crippen molar-refractivity contribution in [2.75, 3.05) is 117 Å². The van der Waals surface area contributed by atoms with Crippen LogP contribution >= 0.6 is 0 Å². The minimum absolute atomic E-state index is 0.0326. The quantitative estimate of drug-likeness (QED) is 0.232. The number of ether oxygens (including phenoxy) is 4. The van der Waals surface area contributed by atoms with Gasteiger partial charge in [-0.3, -0.25) is 43.9 Å². The first kappa shape index (κ1) is 54.1. The van der Waals surface area contributed by atoms with Gasteiger partial charge in [0.2, 0.25) is 11.8 Å². The van der Waals surface area contributed by atoms with Crippen LogP contribution in [0.2, 0.25) is 0 Å². The van der Waals surface area contributed by atoms with Gasteiger partial charge in [0.25, 0.3) is 5.91 Å². The van der Waals surface area contributed by atoms with Crippen LogP contribution in [-0.2, 0) is 51.1 Å². The lowest BCUT2D eigenvalue weighted by Crippen LogP contribution is -2.62. The number of aliphatic imine (C=N–C) groups is 1. The zero-order valence-corrected chi connectivity index (χ0v) is 47.1. The summed E-state index contributed by atoms with van der Waals surface area (Å²) in [7, 11) is 1.76. The fourth-order valence-electron chi connectivity index (χ4n) is 15.2. The molecule has 1 aromatic heterocycles. The molecule has 0 radical (unpaired) electrons. The number of carbonyl (C=O) groups is 4. The number of benzene rings is 1. The predicted molar refractivity (Wildman–Crippen MR) is 298 cm³/mol. The minimum atomic E-state index is -0.900. The molecule has 78 heavy (non-hydrogen) atoms. The van der Waals surface area contributed by atoms with Crippen LogP contribution in [0.4, 0.5) is 5.69 Å². The number of aromatic nitrogens is 1. The standard InChI is InChI=1S/C59H87N11O8/c1-6-69-50-14-13-40-26-44(50)46(53(69)45-27-41(30-61-51(45)38(2)75-5)65-21-20-64-22-24-76-34-42(64)32-65)29-58(3,4)37-78-57(74)47-12-9-17-70(63-47)56(73)48(28-43-33-66(40)23-25-77-43)62-54(71)52(39-10-7-8-11-39)67-18-15-59(35-67)16-19-68(36-59)55(72)49-31-60-49/h13-14,26,30,38-39,41-43,47-49,52,60,63H,6-12,15-25,27-29,31-37H2,1-5H3,(H,62,71)/t38-,41+,42-,43-,47-,48-,49+,52-,59-/m0/s1. The van der Waals surface area contributed by atoms with Crippen molar-refractivity contribution < 1.29 is 38.1 Å². The highest BCUT2D eigenvalue weighted by Crippen LogP contribution is 2.45. The molecule has 7 saturated heterocycles. The zero-order valence-electron chi connectivity index (χ0n) is 47.1. The molecule has 2 aromatic rings. The maximum absolute atomic E-state index is 15.2. The van der Waals surface area contributed by atoms with Gasteiger partial charge in [-0.2, -0.15) is 0 Å². The van der Waals surface area contributed by atoms with E-state index in [0.29, 0.717) is 51.5 Å². The maximum Gasteiger partial charge on any atom is 0.324 e. The molecule has 1 spiro atoms. The van der Waals surface area contributed by atoms with Gasteiger partial charge >= 0.3 is 5.97 Å². The molecule has 0 unspecified atom stereocenters. The molecule has 12 rings (SSSR count). The van der Waals surface area contributed by atoms with Gasteiger partial charge in [0.05, 0.1) is 62.1 Å². The van der Waals surface area contributed by atoms with E-state index in [4.69, 9.17) is 23.9 Å². The molecular weight excluding hydrogens is 991 g/mol. The van der Waals surface area contributed by atoms with Crippen LogP contribution in [0.15, 0.2) is 28.9 Å². The Bertz CT molecular complexity index is 2650. The van der Waals surface area contributed by atoms with E-state index in [1.807, 2.05) is 4.90 Å². The Labute approximate surface area is 461 Å². The molecule has 1 aliphatic carbocycles. The van der Waals surface area contributed by atoms with E-state index in [0.717, 1.165) is 146 Å². The monoisotopic (exact) mass is 1080 g/mol. The molecule has 10 aliphatic rings. The summed E-state index contributed by atoms with van der Waals surface area (Å²) in [5, 5.41) is 9.29. The number of likely N-dealkylation sites (tertiary alicyclic amines) is 2. The van der Waals surface area contributed by atoms with Gasteiger partial charge in [-0.15, -0.1) is 0 Å². The van der Waals surface area contributed by atoms with E-state index in [1.165, 1.54) is 16.8 Å². The van der Waals surface area contributed by atoms with Crippen molar-refractivity contribution in [1.82, 2.24) is 45.2 Å². The average molecular weight is 1080 g/mol. The largest absolute Gasteiger partial charge is 0.464 e. The molecule has 19 nitrogen and oxygen atoms in total. The molecule has 9 atom stereocenters. The number of hydrogen-bond donors (Lipinski definition) is 3. The van der Waals surface area contributed by atoms with Crippen molar-refractivity contribution in [2.24, 2.45) is 21.7 Å². The molecule has 6 bridgehead atoms. The second kappa shape index (κ2) is 22.5. The van der Waals surface area contributed by atoms with Crippen molar-refractivity contribution in [2.45, 2.75) is 153 Å². The second-order valence-corrected chi connectivity index (χ2v) is 25.5. The summed E-state index contributed by atoms with van der Waals surface area (Å²) in [5.74, 6) is -0.382. The van der Waals surface area contributed by atoms with Crippen molar-refractivity contribution in [1.29, 1.82) is 0 Å². The number of rotatable bonds is 10. The number of carbonyl (C=O) groups excluding carboxylic acids is 4. The summed E-state index contributed by atoms with van der Waals surface area (Å²) >= 11 is 0.